The van der Waals surface area contributed by atoms with Gasteiger partial charge in [0, 0.05) is 57.2 Å². The first-order valence-electron chi connectivity index (χ1n) is 10.5. The number of benzene rings is 2. The molecule has 1 saturated heterocycles. The maximum absolute atomic E-state index is 12.6. The molecule has 2 heterocycles. The van der Waals surface area contributed by atoms with Crippen molar-refractivity contribution in [3.8, 4) is 0 Å². The minimum Gasteiger partial charge on any atom is -0.350 e. The van der Waals surface area contributed by atoms with Gasteiger partial charge in [0.2, 0.25) is 0 Å². The van der Waals surface area contributed by atoms with Gasteiger partial charge in [-0.2, -0.15) is 0 Å². The summed E-state index contributed by atoms with van der Waals surface area (Å²) in [7, 11) is 0. The summed E-state index contributed by atoms with van der Waals surface area (Å²) in [6, 6.07) is 24.2. The van der Waals surface area contributed by atoms with Gasteiger partial charge in [-0.3, -0.25) is 19.6 Å². The van der Waals surface area contributed by atoms with Crippen molar-refractivity contribution >= 4 is 5.91 Å². The van der Waals surface area contributed by atoms with Crippen LogP contribution in [0.5, 0.6) is 0 Å². The van der Waals surface area contributed by atoms with E-state index in [-0.39, 0.29) is 11.9 Å². The van der Waals surface area contributed by atoms with Crippen molar-refractivity contribution in [1.29, 1.82) is 0 Å². The Kier molecular flexibility index (Phi) is 6.85. The van der Waals surface area contributed by atoms with Gasteiger partial charge in [0.15, 0.2) is 0 Å². The molecular formula is C25H28N4O. The molecule has 1 aliphatic heterocycles. The molecule has 2 aromatic carbocycles. The molecule has 0 saturated carbocycles. The molecule has 4 rings (SSSR count). The molecule has 3 aromatic rings. The number of carbonyl (C=O) groups is 1. The van der Waals surface area contributed by atoms with Gasteiger partial charge in [-0.25, -0.2) is 0 Å². The lowest BCUT2D eigenvalue weighted by Gasteiger charge is -2.39. The largest absolute Gasteiger partial charge is 0.350 e. The van der Waals surface area contributed by atoms with E-state index in [4.69, 9.17) is 0 Å². The van der Waals surface area contributed by atoms with Crippen LogP contribution in [-0.2, 0) is 6.54 Å². The number of nitrogens with one attached hydrogen (secondary N) is 1. The molecule has 154 valence electrons. The number of hydrogen-bond acceptors (Lipinski definition) is 4. The van der Waals surface area contributed by atoms with E-state index < -0.39 is 0 Å². The Balaban J connectivity index is 1.39. The fourth-order valence-corrected chi connectivity index (χ4v) is 3.99. The summed E-state index contributed by atoms with van der Waals surface area (Å²) in [4.78, 5) is 21.8. The van der Waals surface area contributed by atoms with Crippen molar-refractivity contribution in [2.45, 2.75) is 12.6 Å². The number of hydrogen-bond donors (Lipinski definition) is 1. The zero-order chi connectivity index (χ0) is 20.6. The Hall–Kier alpha value is -3.02. The summed E-state index contributed by atoms with van der Waals surface area (Å²) < 4.78 is 0. The predicted octanol–water partition coefficient (Wildman–Crippen LogP) is 3.37. The number of piperazine rings is 1. The van der Waals surface area contributed by atoms with Crippen LogP contribution in [0, 0.1) is 0 Å². The van der Waals surface area contributed by atoms with E-state index in [9.17, 15) is 4.79 Å². The van der Waals surface area contributed by atoms with E-state index in [1.807, 2.05) is 42.6 Å². The number of nitrogens with zero attached hydrogens (tertiary/aromatic N) is 3. The third-order valence-corrected chi connectivity index (χ3v) is 5.66. The fraction of sp³-hybridized carbons (Fsp3) is 0.280. The van der Waals surface area contributed by atoms with E-state index in [1.54, 1.807) is 6.20 Å². The second-order valence-electron chi connectivity index (χ2n) is 7.68. The molecular weight excluding hydrogens is 372 g/mol. The molecule has 1 aliphatic rings. The van der Waals surface area contributed by atoms with Crippen LogP contribution >= 0.6 is 0 Å². The minimum atomic E-state index is -0.0350. The average Bonchev–Trinajstić information content (AvgIpc) is 2.82. The SMILES string of the molecule is O=C(NCC(c1cccnc1)N1CCN(Cc2ccccc2)CC1)c1ccccc1. The Morgan fingerprint density at radius 2 is 1.60 bits per heavy atom. The smallest absolute Gasteiger partial charge is 0.251 e. The molecule has 0 aliphatic carbocycles. The lowest BCUT2D eigenvalue weighted by molar-refractivity contribution is 0.0821. The molecule has 1 unspecified atom stereocenters. The fourth-order valence-electron chi connectivity index (χ4n) is 3.99. The van der Waals surface area contributed by atoms with Crippen LogP contribution < -0.4 is 5.32 Å². The van der Waals surface area contributed by atoms with Crippen LogP contribution in [0.1, 0.15) is 27.5 Å². The number of rotatable bonds is 7. The highest BCUT2D eigenvalue weighted by atomic mass is 16.1. The van der Waals surface area contributed by atoms with Gasteiger partial charge in [-0.05, 0) is 29.3 Å². The van der Waals surface area contributed by atoms with Crippen molar-refractivity contribution in [2.24, 2.45) is 0 Å². The number of aromatic nitrogens is 1. The van der Waals surface area contributed by atoms with Gasteiger partial charge in [0.05, 0.1) is 6.04 Å². The first-order chi connectivity index (χ1) is 14.8. The third-order valence-electron chi connectivity index (χ3n) is 5.66. The highest BCUT2D eigenvalue weighted by Gasteiger charge is 2.26. The standard InChI is InChI=1S/C25H28N4O/c30-25(22-10-5-2-6-11-22)27-19-24(23-12-7-13-26-18-23)29-16-14-28(15-17-29)20-21-8-3-1-4-9-21/h1-13,18,24H,14-17,19-20H2,(H,27,30). The number of pyridine rings is 1. The van der Waals surface area contributed by atoms with Gasteiger partial charge in [-0.15, -0.1) is 0 Å². The highest BCUT2D eigenvalue weighted by Crippen LogP contribution is 2.22. The summed E-state index contributed by atoms with van der Waals surface area (Å²) >= 11 is 0. The minimum absolute atomic E-state index is 0.0350. The molecule has 30 heavy (non-hydrogen) atoms. The zero-order valence-corrected chi connectivity index (χ0v) is 17.2. The lowest BCUT2D eigenvalue weighted by atomic mass is 10.1. The third kappa shape index (κ3) is 5.32. The van der Waals surface area contributed by atoms with E-state index in [1.165, 1.54) is 5.56 Å². The molecule has 0 radical (unpaired) electrons. The zero-order valence-electron chi connectivity index (χ0n) is 17.2. The first kappa shape index (κ1) is 20.3. The van der Waals surface area contributed by atoms with Crippen molar-refractivity contribution in [3.05, 3.63) is 102 Å². The number of carbonyl (C=O) groups excluding carboxylic acids is 1. The molecule has 1 fully saturated rings. The molecule has 1 atom stereocenters. The van der Waals surface area contributed by atoms with Crippen LogP contribution in [0.2, 0.25) is 0 Å². The van der Waals surface area contributed by atoms with E-state index >= 15 is 0 Å². The molecule has 0 spiro atoms. The second-order valence-corrected chi connectivity index (χ2v) is 7.68. The predicted molar refractivity (Wildman–Crippen MR) is 119 cm³/mol. The van der Waals surface area contributed by atoms with Gasteiger partial charge >= 0.3 is 0 Å². The maximum Gasteiger partial charge on any atom is 0.251 e. The monoisotopic (exact) mass is 400 g/mol. The summed E-state index contributed by atoms with van der Waals surface area (Å²) in [5.74, 6) is -0.0350. The Bertz CT molecular complexity index is 910. The Labute approximate surface area is 178 Å². The molecule has 1 aromatic heterocycles. The van der Waals surface area contributed by atoms with Crippen LogP contribution in [0.15, 0.2) is 85.2 Å². The van der Waals surface area contributed by atoms with Crippen LogP contribution in [0.4, 0.5) is 0 Å². The van der Waals surface area contributed by atoms with Crippen LogP contribution in [-0.4, -0.2) is 53.4 Å². The van der Waals surface area contributed by atoms with Crippen LogP contribution in [0.25, 0.3) is 0 Å². The van der Waals surface area contributed by atoms with Gasteiger partial charge in [-0.1, -0.05) is 54.6 Å². The molecule has 1 N–H and O–H groups in total. The van der Waals surface area contributed by atoms with E-state index in [2.05, 4.69) is 56.5 Å². The summed E-state index contributed by atoms with van der Waals surface area (Å²) in [5.41, 5.74) is 3.18. The topological polar surface area (TPSA) is 48.5 Å². The van der Waals surface area contributed by atoms with Gasteiger partial charge < -0.3 is 5.32 Å². The summed E-state index contributed by atoms with van der Waals surface area (Å²) in [6.45, 7) is 5.51. The molecule has 1 amide bonds. The van der Waals surface area contributed by atoms with E-state index in [0.717, 1.165) is 38.3 Å². The van der Waals surface area contributed by atoms with Gasteiger partial charge in [0.1, 0.15) is 0 Å². The van der Waals surface area contributed by atoms with Crippen molar-refractivity contribution in [3.63, 3.8) is 0 Å². The van der Waals surface area contributed by atoms with Crippen LogP contribution in [0.3, 0.4) is 0 Å². The summed E-state index contributed by atoms with van der Waals surface area (Å²) in [5, 5.41) is 3.12. The molecule has 5 nitrogen and oxygen atoms in total. The second kappa shape index (κ2) is 10.1. The van der Waals surface area contributed by atoms with Crippen molar-refractivity contribution < 1.29 is 4.79 Å². The average molecular weight is 401 g/mol. The van der Waals surface area contributed by atoms with E-state index in [0.29, 0.717) is 12.1 Å². The quantitative estimate of drug-likeness (QED) is 0.661. The Morgan fingerprint density at radius 3 is 2.27 bits per heavy atom. The molecule has 0 bridgehead atoms. The Morgan fingerprint density at radius 1 is 0.900 bits per heavy atom. The maximum atomic E-state index is 12.6. The lowest BCUT2D eigenvalue weighted by Crippen LogP contribution is -2.49. The highest BCUT2D eigenvalue weighted by molar-refractivity contribution is 5.94. The van der Waals surface area contributed by atoms with Crippen molar-refractivity contribution in [1.82, 2.24) is 20.1 Å². The van der Waals surface area contributed by atoms with Gasteiger partial charge in [0.25, 0.3) is 5.91 Å². The normalized spacial score (nSPS) is 16.1. The molecule has 5 heteroatoms. The summed E-state index contributed by atoms with van der Waals surface area (Å²) in [6.07, 6.45) is 3.70. The first-order valence-corrected chi connectivity index (χ1v) is 10.5. The number of amides is 1. The van der Waals surface area contributed by atoms with Crippen molar-refractivity contribution in [2.75, 3.05) is 32.7 Å².